The zero-order chi connectivity index (χ0) is 20.0. The molecule has 1 aliphatic heterocycles. The number of carbonyl (C=O) groups excluding carboxylic acids is 3. The number of carbonyl (C=O) groups is 3. The fraction of sp³-hybridized carbons (Fsp3) is 0.526. The number of piperidine rings is 1. The van der Waals surface area contributed by atoms with E-state index in [4.69, 9.17) is 11.6 Å². The third-order valence-electron chi connectivity index (χ3n) is 4.72. The molecule has 0 spiro atoms. The largest absolute Gasteiger partial charge is 0.325 e. The predicted octanol–water partition coefficient (Wildman–Crippen LogP) is 3.41. The van der Waals surface area contributed by atoms with E-state index in [1.165, 1.54) is 6.92 Å². The number of halogens is 1. The maximum Gasteiger partial charge on any atom is 0.319 e. The van der Waals surface area contributed by atoms with Crippen LogP contribution in [0.5, 0.6) is 0 Å². The Kier molecular flexibility index (Phi) is 7.47. The van der Waals surface area contributed by atoms with Crippen LogP contribution in [-0.4, -0.2) is 53.8 Å². The van der Waals surface area contributed by atoms with E-state index in [-0.39, 0.29) is 23.8 Å². The van der Waals surface area contributed by atoms with Crippen molar-refractivity contribution in [3.63, 3.8) is 0 Å². The summed E-state index contributed by atoms with van der Waals surface area (Å²) in [5, 5.41) is 6.02. The van der Waals surface area contributed by atoms with Gasteiger partial charge in [-0.2, -0.15) is 0 Å². The topological polar surface area (TPSA) is 81.8 Å². The molecule has 0 unspecified atom stereocenters. The summed E-state index contributed by atoms with van der Waals surface area (Å²) in [6, 6.07) is 4.95. The molecule has 0 bridgehead atoms. The second kappa shape index (κ2) is 9.60. The highest BCUT2D eigenvalue weighted by molar-refractivity contribution is 6.31. The number of nitrogens with zero attached hydrogens (tertiary/aromatic N) is 2. The van der Waals surface area contributed by atoms with Crippen LogP contribution in [0.3, 0.4) is 0 Å². The normalized spacial score (nSPS) is 14.6. The molecule has 1 aromatic carbocycles. The number of amides is 4. The van der Waals surface area contributed by atoms with Crippen LogP contribution in [-0.2, 0) is 9.59 Å². The van der Waals surface area contributed by atoms with E-state index < -0.39 is 0 Å². The fourth-order valence-electron chi connectivity index (χ4n) is 3.18. The average Bonchev–Trinajstić information content (AvgIpc) is 2.64. The lowest BCUT2D eigenvalue weighted by Gasteiger charge is -2.34. The summed E-state index contributed by atoms with van der Waals surface area (Å²) in [5.74, 6) is -0.537. The molecule has 1 saturated heterocycles. The highest BCUT2D eigenvalue weighted by atomic mass is 35.5. The third kappa shape index (κ3) is 5.60. The van der Waals surface area contributed by atoms with Crippen molar-refractivity contribution < 1.29 is 14.4 Å². The van der Waals surface area contributed by atoms with E-state index in [2.05, 4.69) is 10.6 Å². The van der Waals surface area contributed by atoms with E-state index in [0.717, 1.165) is 0 Å². The van der Waals surface area contributed by atoms with Gasteiger partial charge in [0.15, 0.2) is 0 Å². The summed E-state index contributed by atoms with van der Waals surface area (Å²) >= 11 is 6.02. The average molecular weight is 395 g/mol. The zero-order valence-corrected chi connectivity index (χ0v) is 16.8. The number of hydrogen-bond donors (Lipinski definition) is 2. The van der Waals surface area contributed by atoms with Crippen LogP contribution in [0.15, 0.2) is 18.2 Å². The van der Waals surface area contributed by atoms with E-state index in [1.54, 1.807) is 28.0 Å². The van der Waals surface area contributed by atoms with Crippen LogP contribution >= 0.6 is 11.6 Å². The van der Waals surface area contributed by atoms with Gasteiger partial charge in [-0.25, -0.2) is 4.79 Å². The van der Waals surface area contributed by atoms with E-state index in [1.807, 2.05) is 13.8 Å². The Morgan fingerprint density at radius 3 is 2.30 bits per heavy atom. The first-order chi connectivity index (χ1) is 12.8. The maximum atomic E-state index is 12.7. The summed E-state index contributed by atoms with van der Waals surface area (Å²) in [7, 11) is 0. The fourth-order valence-corrected chi connectivity index (χ4v) is 3.35. The monoisotopic (exact) mass is 394 g/mol. The number of nitrogens with one attached hydrogen (secondary N) is 2. The number of benzene rings is 1. The molecule has 27 heavy (non-hydrogen) atoms. The molecular formula is C19H27ClN4O3. The predicted molar refractivity (Wildman–Crippen MR) is 107 cm³/mol. The molecule has 2 N–H and O–H groups in total. The molecule has 0 atom stereocenters. The molecule has 2 rings (SSSR count). The first kappa shape index (κ1) is 21.0. The maximum absolute atomic E-state index is 12.7. The lowest BCUT2D eigenvalue weighted by Crippen LogP contribution is -2.47. The smallest absolute Gasteiger partial charge is 0.319 e. The minimum atomic E-state index is -0.226. The van der Waals surface area contributed by atoms with Crippen LogP contribution in [0, 0.1) is 5.92 Å². The van der Waals surface area contributed by atoms with Crippen LogP contribution in [0.1, 0.15) is 33.6 Å². The summed E-state index contributed by atoms with van der Waals surface area (Å²) < 4.78 is 0. The number of hydrogen-bond acceptors (Lipinski definition) is 3. The Labute approximate surface area is 165 Å². The van der Waals surface area contributed by atoms with Crippen molar-refractivity contribution in [1.29, 1.82) is 0 Å². The van der Waals surface area contributed by atoms with Gasteiger partial charge in [-0.05, 0) is 44.9 Å². The van der Waals surface area contributed by atoms with E-state index in [0.29, 0.717) is 55.4 Å². The van der Waals surface area contributed by atoms with E-state index in [9.17, 15) is 14.4 Å². The molecule has 0 aromatic heterocycles. The van der Waals surface area contributed by atoms with Crippen LogP contribution in [0.25, 0.3) is 0 Å². The molecule has 7 nitrogen and oxygen atoms in total. The molecular weight excluding hydrogens is 368 g/mol. The van der Waals surface area contributed by atoms with Gasteiger partial charge in [-0.1, -0.05) is 11.6 Å². The molecule has 1 aromatic rings. The Bertz CT molecular complexity index is 698. The van der Waals surface area contributed by atoms with Gasteiger partial charge in [0.05, 0.1) is 11.4 Å². The number of likely N-dealkylation sites (tertiary alicyclic amines) is 1. The van der Waals surface area contributed by atoms with Crippen molar-refractivity contribution in [1.82, 2.24) is 9.80 Å². The van der Waals surface area contributed by atoms with Gasteiger partial charge in [0.25, 0.3) is 0 Å². The molecule has 0 aliphatic carbocycles. The van der Waals surface area contributed by atoms with Gasteiger partial charge in [0.1, 0.15) is 0 Å². The van der Waals surface area contributed by atoms with Gasteiger partial charge >= 0.3 is 6.03 Å². The summed E-state index contributed by atoms with van der Waals surface area (Å²) in [6.07, 6.45) is 1.21. The van der Waals surface area contributed by atoms with E-state index >= 15 is 0 Å². The lowest BCUT2D eigenvalue weighted by molar-refractivity contribution is -0.121. The van der Waals surface area contributed by atoms with Crippen LogP contribution in [0.2, 0.25) is 5.02 Å². The second-order valence-corrected chi connectivity index (χ2v) is 7.01. The molecule has 4 amide bonds. The number of anilines is 2. The van der Waals surface area contributed by atoms with Crippen LogP contribution < -0.4 is 10.6 Å². The second-order valence-electron chi connectivity index (χ2n) is 6.58. The zero-order valence-electron chi connectivity index (χ0n) is 16.0. The Morgan fingerprint density at radius 1 is 1.11 bits per heavy atom. The molecule has 148 valence electrons. The third-order valence-corrected chi connectivity index (χ3v) is 4.96. The molecule has 1 heterocycles. The van der Waals surface area contributed by atoms with Gasteiger partial charge in [-0.15, -0.1) is 0 Å². The molecule has 8 heteroatoms. The Morgan fingerprint density at radius 2 is 1.74 bits per heavy atom. The van der Waals surface area contributed by atoms with Gasteiger partial charge in [0.2, 0.25) is 11.8 Å². The van der Waals surface area contributed by atoms with Crippen molar-refractivity contribution in [2.75, 3.05) is 36.8 Å². The number of rotatable bonds is 5. The van der Waals surface area contributed by atoms with Crippen molar-refractivity contribution in [3.8, 4) is 0 Å². The Hall–Kier alpha value is -2.28. The van der Waals surface area contributed by atoms with Gasteiger partial charge in [0, 0.05) is 44.0 Å². The molecule has 1 fully saturated rings. The first-order valence-corrected chi connectivity index (χ1v) is 9.65. The quantitative estimate of drug-likeness (QED) is 0.802. The minimum absolute atomic E-state index is 0.0293. The lowest BCUT2D eigenvalue weighted by atomic mass is 9.96. The molecule has 0 saturated carbocycles. The van der Waals surface area contributed by atoms with Crippen molar-refractivity contribution in [2.24, 2.45) is 5.92 Å². The van der Waals surface area contributed by atoms with Gasteiger partial charge in [-0.3, -0.25) is 9.59 Å². The highest BCUT2D eigenvalue weighted by Gasteiger charge is 2.29. The highest BCUT2D eigenvalue weighted by Crippen LogP contribution is 2.28. The minimum Gasteiger partial charge on any atom is -0.325 e. The summed E-state index contributed by atoms with van der Waals surface area (Å²) in [6.45, 7) is 7.79. The number of urea groups is 1. The van der Waals surface area contributed by atoms with Crippen molar-refractivity contribution in [3.05, 3.63) is 23.2 Å². The first-order valence-electron chi connectivity index (χ1n) is 9.27. The molecule has 1 aliphatic rings. The van der Waals surface area contributed by atoms with Gasteiger partial charge < -0.3 is 20.4 Å². The van der Waals surface area contributed by atoms with Crippen molar-refractivity contribution >= 4 is 40.8 Å². The summed E-state index contributed by atoms with van der Waals surface area (Å²) in [5.41, 5.74) is 0.985. The molecule has 0 radical (unpaired) electrons. The van der Waals surface area contributed by atoms with Crippen LogP contribution in [0.4, 0.5) is 16.2 Å². The Balaban J connectivity index is 1.98. The summed E-state index contributed by atoms with van der Waals surface area (Å²) in [4.78, 5) is 40.0. The SMILES string of the molecule is CCN(CC)C(=O)N1CCC(C(=O)Nc2cc(Cl)ccc2NC(C)=O)CC1. The standard InChI is InChI=1S/C19H27ClN4O3/c1-4-23(5-2)19(27)24-10-8-14(9-11-24)18(26)22-17-12-15(20)6-7-16(17)21-13(3)25/h6-7,12,14H,4-5,8-11H2,1-3H3,(H,21,25)(H,22,26). The van der Waals surface area contributed by atoms with Crippen molar-refractivity contribution in [2.45, 2.75) is 33.6 Å².